The Morgan fingerprint density at radius 3 is 2.81 bits per heavy atom. The van der Waals surface area contributed by atoms with Gasteiger partial charge in [-0.2, -0.15) is 0 Å². The number of amides is 1. The smallest absolute Gasteiger partial charge is 0.238 e. The van der Waals surface area contributed by atoms with Gasteiger partial charge in [0.15, 0.2) is 9.84 Å². The molecule has 1 heterocycles. The lowest BCUT2D eigenvalue weighted by atomic mass is 10.2. The van der Waals surface area contributed by atoms with E-state index in [2.05, 4.69) is 10.6 Å². The van der Waals surface area contributed by atoms with Gasteiger partial charge in [-0.05, 0) is 6.92 Å². The van der Waals surface area contributed by atoms with Gasteiger partial charge in [-0.25, -0.2) is 8.42 Å². The molecule has 7 heteroatoms. The third kappa shape index (κ3) is 4.07. The van der Waals surface area contributed by atoms with E-state index in [4.69, 9.17) is 4.74 Å². The molecule has 1 rings (SSSR count). The zero-order chi connectivity index (χ0) is 12.2. The average molecular weight is 250 g/mol. The summed E-state index contributed by atoms with van der Waals surface area (Å²) < 4.78 is 27.5. The zero-order valence-electron chi connectivity index (χ0n) is 9.52. The van der Waals surface area contributed by atoms with Gasteiger partial charge in [-0.3, -0.25) is 4.79 Å². The van der Waals surface area contributed by atoms with Crippen LogP contribution in [-0.4, -0.2) is 58.2 Å². The van der Waals surface area contributed by atoms with Gasteiger partial charge in [0.05, 0.1) is 13.2 Å². The van der Waals surface area contributed by atoms with Crippen LogP contribution in [0.25, 0.3) is 0 Å². The first kappa shape index (κ1) is 13.4. The lowest BCUT2D eigenvalue weighted by Crippen LogP contribution is -2.50. The van der Waals surface area contributed by atoms with Gasteiger partial charge < -0.3 is 15.4 Å². The van der Waals surface area contributed by atoms with Gasteiger partial charge in [0.25, 0.3) is 0 Å². The highest BCUT2D eigenvalue weighted by molar-refractivity contribution is 7.92. The Hall–Kier alpha value is -0.660. The number of carbonyl (C=O) groups is 1. The maximum atomic E-state index is 11.5. The molecule has 94 valence electrons. The van der Waals surface area contributed by atoms with Crippen molar-refractivity contribution in [2.75, 3.05) is 32.6 Å². The van der Waals surface area contributed by atoms with E-state index in [-0.39, 0.29) is 6.04 Å². The van der Waals surface area contributed by atoms with E-state index < -0.39 is 21.0 Å². The van der Waals surface area contributed by atoms with E-state index in [1.54, 1.807) is 0 Å². The number of rotatable bonds is 4. The van der Waals surface area contributed by atoms with E-state index >= 15 is 0 Å². The number of carbonyl (C=O) groups excluding carboxylic acids is 1. The molecule has 2 N–H and O–H groups in total. The standard InChI is InChI=1S/C9H18N2O4S/c1-7(16(2,13)14)9(12)11-5-8-6-15-4-3-10-8/h7-8,10H,3-6H2,1-2H3,(H,11,12). The Balaban J connectivity index is 2.34. The SMILES string of the molecule is CC(C(=O)NCC1COCCN1)S(C)(=O)=O. The molecule has 2 unspecified atom stereocenters. The summed E-state index contributed by atoms with van der Waals surface area (Å²) in [6.45, 7) is 3.73. The first-order valence-electron chi connectivity index (χ1n) is 5.19. The Morgan fingerprint density at radius 1 is 1.62 bits per heavy atom. The largest absolute Gasteiger partial charge is 0.378 e. The summed E-state index contributed by atoms with van der Waals surface area (Å²) in [7, 11) is -3.32. The van der Waals surface area contributed by atoms with Gasteiger partial charge in [-0.1, -0.05) is 0 Å². The molecular formula is C9H18N2O4S. The Labute approximate surface area is 95.7 Å². The monoisotopic (exact) mass is 250 g/mol. The molecule has 16 heavy (non-hydrogen) atoms. The number of nitrogens with one attached hydrogen (secondary N) is 2. The number of sulfone groups is 1. The van der Waals surface area contributed by atoms with Crippen LogP contribution in [0, 0.1) is 0 Å². The second-order valence-electron chi connectivity index (χ2n) is 3.94. The van der Waals surface area contributed by atoms with Crippen molar-refractivity contribution in [1.29, 1.82) is 0 Å². The van der Waals surface area contributed by atoms with Crippen LogP contribution in [0.4, 0.5) is 0 Å². The molecule has 1 fully saturated rings. The molecule has 0 aromatic heterocycles. The molecule has 1 aliphatic heterocycles. The van der Waals surface area contributed by atoms with E-state index in [1.165, 1.54) is 6.92 Å². The minimum atomic E-state index is -3.32. The maximum absolute atomic E-state index is 11.5. The molecule has 1 saturated heterocycles. The van der Waals surface area contributed by atoms with Gasteiger partial charge in [0.2, 0.25) is 5.91 Å². The van der Waals surface area contributed by atoms with Crippen LogP contribution in [-0.2, 0) is 19.4 Å². The molecule has 0 saturated carbocycles. The summed E-state index contributed by atoms with van der Waals surface area (Å²) in [5.74, 6) is -0.463. The number of morpholine rings is 1. The first-order valence-corrected chi connectivity index (χ1v) is 7.14. The molecule has 2 atom stereocenters. The van der Waals surface area contributed by atoms with E-state index in [1.807, 2.05) is 0 Å². The Kier molecular flexibility index (Phi) is 4.69. The molecule has 0 aromatic carbocycles. The van der Waals surface area contributed by atoms with Crippen LogP contribution in [0.3, 0.4) is 0 Å². The average Bonchev–Trinajstić information content (AvgIpc) is 2.25. The Bertz CT molecular complexity index is 335. The van der Waals surface area contributed by atoms with E-state index in [0.29, 0.717) is 19.8 Å². The van der Waals surface area contributed by atoms with E-state index in [0.717, 1.165) is 12.8 Å². The summed E-state index contributed by atoms with van der Waals surface area (Å²) >= 11 is 0. The van der Waals surface area contributed by atoms with Crippen LogP contribution < -0.4 is 10.6 Å². The second kappa shape index (κ2) is 5.60. The Morgan fingerprint density at radius 2 is 2.31 bits per heavy atom. The van der Waals surface area contributed by atoms with Crippen molar-refractivity contribution in [3.05, 3.63) is 0 Å². The minimum absolute atomic E-state index is 0.0597. The van der Waals surface area contributed by atoms with Crippen molar-refractivity contribution >= 4 is 15.7 Å². The summed E-state index contributed by atoms with van der Waals surface area (Å²) in [6, 6.07) is 0.0597. The van der Waals surface area contributed by atoms with Crippen molar-refractivity contribution in [2.45, 2.75) is 18.2 Å². The number of hydrogen-bond donors (Lipinski definition) is 2. The van der Waals surface area contributed by atoms with Crippen molar-refractivity contribution < 1.29 is 17.9 Å². The van der Waals surface area contributed by atoms with E-state index in [9.17, 15) is 13.2 Å². The van der Waals surface area contributed by atoms with Crippen molar-refractivity contribution in [1.82, 2.24) is 10.6 Å². The molecule has 0 spiro atoms. The fraction of sp³-hybridized carbons (Fsp3) is 0.889. The molecule has 0 aliphatic carbocycles. The topological polar surface area (TPSA) is 84.5 Å². The maximum Gasteiger partial charge on any atom is 0.238 e. The van der Waals surface area contributed by atoms with Gasteiger partial charge in [-0.15, -0.1) is 0 Å². The van der Waals surface area contributed by atoms with Crippen LogP contribution in [0.2, 0.25) is 0 Å². The minimum Gasteiger partial charge on any atom is -0.378 e. The van der Waals surface area contributed by atoms with Gasteiger partial charge in [0, 0.05) is 25.4 Å². The van der Waals surface area contributed by atoms with Gasteiger partial charge in [0.1, 0.15) is 5.25 Å². The summed E-state index contributed by atoms with van der Waals surface area (Å²) in [6.07, 6.45) is 1.05. The molecule has 0 bridgehead atoms. The van der Waals surface area contributed by atoms with Crippen LogP contribution in [0.15, 0.2) is 0 Å². The summed E-state index contributed by atoms with van der Waals surface area (Å²) in [5, 5.41) is 4.76. The lowest BCUT2D eigenvalue weighted by Gasteiger charge is -2.24. The molecule has 1 amide bonds. The van der Waals surface area contributed by atoms with Crippen LogP contribution >= 0.6 is 0 Å². The molecule has 0 aromatic rings. The highest BCUT2D eigenvalue weighted by Gasteiger charge is 2.24. The van der Waals surface area contributed by atoms with Gasteiger partial charge >= 0.3 is 0 Å². The second-order valence-corrected chi connectivity index (χ2v) is 6.31. The van der Waals surface area contributed by atoms with Crippen LogP contribution in [0.5, 0.6) is 0 Å². The van der Waals surface area contributed by atoms with Crippen molar-refractivity contribution in [3.8, 4) is 0 Å². The molecular weight excluding hydrogens is 232 g/mol. The molecule has 6 nitrogen and oxygen atoms in total. The normalized spacial score (nSPS) is 23.8. The lowest BCUT2D eigenvalue weighted by molar-refractivity contribution is -0.120. The third-order valence-electron chi connectivity index (χ3n) is 2.53. The first-order chi connectivity index (χ1) is 7.41. The molecule has 1 aliphatic rings. The highest BCUT2D eigenvalue weighted by Crippen LogP contribution is 1.98. The fourth-order valence-corrected chi connectivity index (χ4v) is 1.78. The molecule has 0 radical (unpaired) electrons. The fourth-order valence-electron chi connectivity index (χ4n) is 1.31. The predicted molar refractivity (Wildman–Crippen MR) is 59.9 cm³/mol. The quantitative estimate of drug-likeness (QED) is 0.636. The predicted octanol–water partition coefficient (Wildman–Crippen LogP) is -1.48. The van der Waals surface area contributed by atoms with Crippen LogP contribution in [0.1, 0.15) is 6.92 Å². The van der Waals surface area contributed by atoms with Crippen molar-refractivity contribution in [2.24, 2.45) is 0 Å². The summed E-state index contributed by atoms with van der Waals surface area (Å²) in [4.78, 5) is 11.5. The number of ether oxygens (including phenoxy) is 1. The zero-order valence-corrected chi connectivity index (χ0v) is 10.3. The number of hydrogen-bond acceptors (Lipinski definition) is 5. The summed E-state index contributed by atoms with van der Waals surface area (Å²) in [5.41, 5.74) is 0. The van der Waals surface area contributed by atoms with Crippen molar-refractivity contribution in [3.63, 3.8) is 0 Å². The third-order valence-corrected chi connectivity index (χ3v) is 4.03. The highest BCUT2D eigenvalue weighted by atomic mass is 32.2.